The summed E-state index contributed by atoms with van der Waals surface area (Å²) in [6.07, 6.45) is 3.13. The second-order valence-corrected chi connectivity index (χ2v) is 12.6. The molecular formula is C33H30Br2N2O5S. The van der Waals surface area contributed by atoms with Gasteiger partial charge >= 0.3 is 5.97 Å². The lowest BCUT2D eigenvalue weighted by atomic mass is 9.93. The van der Waals surface area contributed by atoms with Gasteiger partial charge < -0.3 is 14.2 Å². The van der Waals surface area contributed by atoms with E-state index in [4.69, 9.17) is 19.2 Å². The highest BCUT2D eigenvalue weighted by Gasteiger charge is 2.36. The van der Waals surface area contributed by atoms with Crippen LogP contribution in [0.1, 0.15) is 49.4 Å². The largest absolute Gasteiger partial charge is 0.496 e. The van der Waals surface area contributed by atoms with E-state index in [1.54, 1.807) is 18.6 Å². The molecule has 0 unspecified atom stereocenters. The Labute approximate surface area is 270 Å². The molecule has 43 heavy (non-hydrogen) atoms. The van der Waals surface area contributed by atoms with E-state index in [2.05, 4.69) is 31.9 Å². The topological polar surface area (TPSA) is 79.1 Å². The van der Waals surface area contributed by atoms with E-state index in [1.165, 1.54) is 11.3 Å². The number of carbonyl (C=O) groups is 1. The van der Waals surface area contributed by atoms with Crippen molar-refractivity contribution in [3.63, 3.8) is 0 Å². The van der Waals surface area contributed by atoms with Crippen LogP contribution in [-0.2, 0) is 16.1 Å². The van der Waals surface area contributed by atoms with Crippen LogP contribution in [0.5, 0.6) is 11.5 Å². The smallest absolute Gasteiger partial charge is 0.338 e. The lowest BCUT2D eigenvalue weighted by molar-refractivity contribution is -0.139. The molecule has 222 valence electrons. The number of hydrogen-bond donors (Lipinski definition) is 0. The normalized spacial score (nSPS) is 14.7. The zero-order chi connectivity index (χ0) is 30.5. The lowest BCUT2D eigenvalue weighted by Gasteiger charge is -2.27. The Hall–Kier alpha value is -3.47. The molecule has 3 aromatic carbocycles. The Kier molecular flexibility index (Phi) is 10.00. The van der Waals surface area contributed by atoms with Gasteiger partial charge in [0.2, 0.25) is 0 Å². The number of halogens is 2. The van der Waals surface area contributed by atoms with Crippen molar-refractivity contribution in [1.82, 2.24) is 4.57 Å². The summed E-state index contributed by atoms with van der Waals surface area (Å²) in [6.45, 7) is 4.37. The molecule has 2 heterocycles. The van der Waals surface area contributed by atoms with Crippen molar-refractivity contribution < 1.29 is 19.0 Å². The number of ether oxygens (including phenoxy) is 3. The number of thiazole rings is 1. The molecule has 4 aromatic rings. The monoisotopic (exact) mass is 724 g/mol. The zero-order valence-corrected chi connectivity index (χ0v) is 27.9. The van der Waals surface area contributed by atoms with E-state index in [0.29, 0.717) is 50.7 Å². The summed E-state index contributed by atoms with van der Waals surface area (Å²) in [4.78, 5) is 33.1. The van der Waals surface area contributed by atoms with Crippen LogP contribution < -0.4 is 24.4 Å². The number of allylic oxidation sites excluding steroid dienone is 1. The third-order valence-corrected chi connectivity index (χ3v) is 8.84. The highest BCUT2D eigenvalue weighted by atomic mass is 79.9. The minimum atomic E-state index is -0.789. The minimum absolute atomic E-state index is 0.198. The highest BCUT2D eigenvalue weighted by molar-refractivity contribution is 9.10. The fraction of sp³-hybridized carbons (Fsp3) is 0.242. The zero-order valence-electron chi connectivity index (χ0n) is 23.9. The average Bonchev–Trinajstić information content (AvgIpc) is 3.31. The van der Waals surface area contributed by atoms with Crippen LogP contribution >= 0.6 is 43.2 Å². The number of methoxy groups -OCH3 is 1. The van der Waals surface area contributed by atoms with Gasteiger partial charge in [0.05, 0.1) is 29.5 Å². The molecule has 10 heteroatoms. The number of nitrogens with zero attached hydrogens (tertiary/aromatic N) is 2. The molecule has 0 bridgehead atoms. The molecule has 0 amide bonds. The summed E-state index contributed by atoms with van der Waals surface area (Å²) < 4.78 is 21.1. The Bertz CT molecular complexity index is 1860. The SMILES string of the molecule is CCCC1=C(C(=O)OCC)[C@H](c2cc(Br)ccc2OC)n2c(s/c(=C/c3cc(Br)ccc3OCc3ccccc3)c2=O)=N1. The van der Waals surface area contributed by atoms with Crippen molar-refractivity contribution in [3.8, 4) is 11.5 Å². The summed E-state index contributed by atoms with van der Waals surface area (Å²) in [6, 6.07) is 20.4. The summed E-state index contributed by atoms with van der Waals surface area (Å²) in [5.41, 5.74) is 3.11. The summed E-state index contributed by atoms with van der Waals surface area (Å²) in [5, 5.41) is 0. The van der Waals surface area contributed by atoms with Crippen LogP contribution in [0, 0.1) is 0 Å². The fourth-order valence-electron chi connectivity index (χ4n) is 4.97. The molecule has 0 saturated carbocycles. The first-order valence-corrected chi connectivity index (χ1v) is 16.3. The van der Waals surface area contributed by atoms with E-state index in [1.807, 2.05) is 79.7 Å². The van der Waals surface area contributed by atoms with Crippen LogP contribution in [0.25, 0.3) is 6.08 Å². The molecule has 1 atom stereocenters. The summed E-state index contributed by atoms with van der Waals surface area (Å²) >= 11 is 8.39. The molecule has 7 nitrogen and oxygen atoms in total. The molecule has 0 radical (unpaired) electrons. The van der Waals surface area contributed by atoms with Crippen LogP contribution in [0.4, 0.5) is 0 Å². The van der Waals surface area contributed by atoms with Crippen molar-refractivity contribution >= 4 is 55.2 Å². The van der Waals surface area contributed by atoms with E-state index in [-0.39, 0.29) is 12.2 Å². The van der Waals surface area contributed by atoms with Crippen molar-refractivity contribution in [2.24, 2.45) is 4.99 Å². The Morgan fingerprint density at radius 2 is 1.74 bits per heavy atom. The number of rotatable bonds is 10. The Balaban J connectivity index is 1.71. The van der Waals surface area contributed by atoms with Gasteiger partial charge in [0.15, 0.2) is 4.80 Å². The van der Waals surface area contributed by atoms with Crippen LogP contribution in [0.3, 0.4) is 0 Å². The molecule has 1 aliphatic heterocycles. The molecular weight excluding hydrogens is 696 g/mol. The fourth-order valence-corrected chi connectivity index (χ4v) is 6.74. The second-order valence-electron chi connectivity index (χ2n) is 9.76. The lowest BCUT2D eigenvalue weighted by Crippen LogP contribution is -2.40. The van der Waals surface area contributed by atoms with Gasteiger partial charge in [-0.05, 0) is 61.4 Å². The quantitative estimate of drug-likeness (QED) is 0.170. The number of benzene rings is 3. The van der Waals surface area contributed by atoms with E-state index >= 15 is 0 Å². The standard InChI is InChI=1S/C33H30Br2N2O5S/c1-4-9-25-29(32(39)41-5-2)30(24-18-23(35)13-15-27(24)40-3)37-31(38)28(43-33(37)36-25)17-21-16-22(34)12-14-26(21)42-19-20-10-7-6-8-11-20/h6-8,10-18,30H,4-5,9,19H2,1-3H3/b28-17+/t30-/m0/s1. The van der Waals surface area contributed by atoms with Gasteiger partial charge in [-0.2, -0.15) is 0 Å². The average molecular weight is 726 g/mol. The predicted molar refractivity (Wildman–Crippen MR) is 175 cm³/mol. The minimum Gasteiger partial charge on any atom is -0.496 e. The predicted octanol–water partition coefficient (Wildman–Crippen LogP) is 6.69. The highest BCUT2D eigenvalue weighted by Crippen LogP contribution is 2.38. The van der Waals surface area contributed by atoms with Gasteiger partial charge in [0.25, 0.3) is 5.56 Å². The Morgan fingerprint density at radius 3 is 2.44 bits per heavy atom. The van der Waals surface area contributed by atoms with E-state index in [0.717, 1.165) is 26.5 Å². The van der Waals surface area contributed by atoms with Gasteiger partial charge in [-0.1, -0.05) is 86.9 Å². The van der Waals surface area contributed by atoms with Crippen molar-refractivity contribution in [2.45, 2.75) is 39.3 Å². The van der Waals surface area contributed by atoms with Crippen molar-refractivity contribution in [3.05, 3.63) is 123 Å². The number of hydrogen-bond acceptors (Lipinski definition) is 7. The third-order valence-electron chi connectivity index (χ3n) is 6.87. The number of esters is 1. The van der Waals surface area contributed by atoms with Gasteiger partial charge in [0, 0.05) is 20.1 Å². The first kappa shape index (κ1) is 31.0. The molecule has 1 aromatic heterocycles. The third kappa shape index (κ3) is 6.71. The molecule has 1 aliphatic rings. The maximum Gasteiger partial charge on any atom is 0.338 e. The van der Waals surface area contributed by atoms with Gasteiger partial charge in [-0.25, -0.2) is 9.79 Å². The van der Waals surface area contributed by atoms with Gasteiger partial charge in [0.1, 0.15) is 24.1 Å². The second kappa shape index (κ2) is 13.9. The maximum atomic E-state index is 14.3. The van der Waals surface area contributed by atoms with Crippen molar-refractivity contribution in [1.29, 1.82) is 0 Å². The molecule has 5 rings (SSSR count). The van der Waals surface area contributed by atoms with Gasteiger partial charge in [-0.15, -0.1) is 0 Å². The number of aromatic nitrogens is 1. The molecule has 0 spiro atoms. The summed E-state index contributed by atoms with van der Waals surface area (Å²) in [7, 11) is 1.57. The molecule has 0 fully saturated rings. The first-order chi connectivity index (χ1) is 20.8. The van der Waals surface area contributed by atoms with Gasteiger partial charge in [-0.3, -0.25) is 9.36 Å². The van der Waals surface area contributed by atoms with Crippen LogP contribution in [0.2, 0.25) is 0 Å². The maximum absolute atomic E-state index is 14.3. The first-order valence-electron chi connectivity index (χ1n) is 13.9. The van der Waals surface area contributed by atoms with Crippen LogP contribution in [0.15, 0.2) is 96.7 Å². The molecule has 0 saturated heterocycles. The van der Waals surface area contributed by atoms with Crippen molar-refractivity contribution in [2.75, 3.05) is 13.7 Å². The number of fused-ring (bicyclic) bond motifs is 1. The Morgan fingerprint density at radius 1 is 1.02 bits per heavy atom. The summed E-state index contributed by atoms with van der Waals surface area (Å²) in [5.74, 6) is 0.687. The number of carbonyl (C=O) groups excluding carboxylic acids is 1. The molecule has 0 aliphatic carbocycles. The van der Waals surface area contributed by atoms with E-state index in [9.17, 15) is 9.59 Å². The van der Waals surface area contributed by atoms with Crippen LogP contribution in [-0.4, -0.2) is 24.3 Å². The van der Waals surface area contributed by atoms with E-state index < -0.39 is 12.0 Å². The molecule has 0 N–H and O–H groups in total.